The lowest BCUT2D eigenvalue weighted by atomic mass is 10.1. The highest BCUT2D eigenvalue weighted by Gasteiger charge is 2.20. The summed E-state index contributed by atoms with van der Waals surface area (Å²) in [5.74, 6) is -0.717. The van der Waals surface area contributed by atoms with Gasteiger partial charge in [0.1, 0.15) is 6.20 Å². The van der Waals surface area contributed by atoms with Crippen molar-refractivity contribution in [2.75, 3.05) is 0 Å². The van der Waals surface area contributed by atoms with Crippen molar-refractivity contribution in [3.8, 4) is 11.3 Å². The average Bonchev–Trinajstić information content (AvgIpc) is 2.29. The molecule has 0 unspecified atom stereocenters. The van der Waals surface area contributed by atoms with Gasteiger partial charge in [-0.3, -0.25) is 15.1 Å². The van der Waals surface area contributed by atoms with E-state index in [9.17, 15) is 14.5 Å². The molecule has 86 valence electrons. The summed E-state index contributed by atoms with van der Waals surface area (Å²) >= 11 is 5.54. The smallest absolute Gasteiger partial charge is 0.262 e. The van der Waals surface area contributed by atoms with Crippen molar-refractivity contribution in [2.45, 2.75) is 0 Å². The highest BCUT2D eigenvalue weighted by molar-refractivity contribution is 6.28. The summed E-state index contributed by atoms with van der Waals surface area (Å²) in [4.78, 5) is 20.8. The van der Waals surface area contributed by atoms with Crippen LogP contribution in [0.1, 0.15) is 0 Å². The largest absolute Gasteiger partial charge is 0.313 e. The molecule has 0 aliphatic rings. The third kappa shape index (κ3) is 2.18. The molecule has 17 heavy (non-hydrogen) atoms. The Morgan fingerprint density at radius 1 is 1.41 bits per heavy atom. The molecule has 0 aliphatic carbocycles. The third-order valence-electron chi connectivity index (χ3n) is 1.96. The first-order valence-electron chi connectivity index (χ1n) is 4.36. The second kappa shape index (κ2) is 4.38. The van der Waals surface area contributed by atoms with E-state index in [0.717, 1.165) is 12.4 Å². The van der Waals surface area contributed by atoms with Gasteiger partial charge in [0.2, 0.25) is 5.28 Å². The van der Waals surface area contributed by atoms with Gasteiger partial charge in [-0.1, -0.05) is 0 Å². The van der Waals surface area contributed by atoms with Crippen LogP contribution in [0, 0.1) is 15.9 Å². The van der Waals surface area contributed by atoms with Gasteiger partial charge in [0.25, 0.3) is 0 Å². The van der Waals surface area contributed by atoms with Crippen LogP contribution in [0.2, 0.25) is 5.28 Å². The van der Waals surface area contributed by atoms with E-state index >= 15 is 0 Å². The maximum absolute atomic E-state index is 13.5. The van der Waals surface area contributed by atoms with Crippen molar-refractivity contribution >= 4 is 17.3 Å². The first-order chi connectivity index (χ1) is 8.09. The number of halogens is 2. The van der Waals surface area contributed by atoms with Crippen molar-refractivity contribution in [2.24, 2.45) is 0 Å². The Morgan fingerprint density at radius 3 is 2.82 bits per heavy atom. The van der Waals surface area contributed by atoms with Crippen LogP contribution >= 0.6 is 11.6 Å². The number of rotatable bonds is 2. The summed E-state index contributed by atoms with van der Waals surface area (Å²) in [5, 5.41) is 10.6. The van der Waals surface area contributed by atoms with Gasteiger partial charge in [-0.2, -0.15) is 0 Å². The van der Waals surface area contributed by atoms with E-state index < -0.39 is 16.4 Å². The molecule has 2 aromatic heterocycles. The summed E-state index contributed by atoms with van der Waals surface area (Å²) in [6.07, 6.45) is 3.18. The number of nitro groups is 1. The SMILES string of the molecule is O=[N+]([O-])c1cnc(Cl)nc1-c1ccncc1F. The second-order valence-electron chi connectivity index (χ2n) is 2.99. The van der Waals surface area contributed by atoms with Crippen LogP contribution in [0.4, 0.5) is 10.1 Å². The second-order valence-corrected chi connectivity index (χ2v) is 3.32. The Bertz CT molecular complexity index is 593. The zero-order chi connectivity index (χ0) is 12.4. The Hall–Kier alpha value is -2.15. The molecule has 2 heterocycles. The van der Waals surface area contributed by atoms with Gasteiger partial charge in [-0.05, 0) is 17.7 Å². The summed E-state index contributed by atoms with van der Waals surface area (Å²) in [5.41, 5.74) is -0.634. The number of hydrogen-bond donors (Lipinski definition) is 0. The van der Waals surface area contributed by atoms with E-state index in [1.807, 2.05) is 0 Å². The fourth-order valence-corrected chi connectivity index (χ4v) is 1.39. The van der Waals surface area contributed by atoms with Gasteiger partial charge in [-0.25, -0.2) is 14.4 Å². The van der Waals surface area contributed by atoms with Crippen molar-refractivity contribution in [1.29, 1.82) is 0 Å². The minimum absolute atomic E-state index is 0.0454. The van der Waals surface area contributed by atoms with Crippen molar-refractivity contribution < 1.29 is 9.31 Å². The zero-order valence-corrected chi connectivity index (χ0v) is 8.93. The van der Waals surface area contributed by atoms with E-state index in [0.29, 0.717) is 0 Å². The number of hydrogen-bond acceptors (Lipinski definition) is 5. The molecule has 0 atom stereocenters. The Labute approximate surface area is 99.3 Å². The van der Waals surface area contributed by atoms with Crippen molar-refractivity contribution in [3.05, 3.63) is 45.9 Å². The maximum Gasteiger partial charge on any atom is 0.313 e. The molecule has 0 spiro atoms. The maximum atomic E-state index is 13.5. The fraction of sp³-hybridized carbons (Fsp3) is 0. The first kappa shape index (κ1) is 11.3. The summed E-state index contributed by atoms with van der Waals surface area (Å²) in [6.45, 7) is 0. The zero-order valence-electron chi connectivity index (χ0n) is 8.17. The molecule has 8 heteroatoms. The lowest BCUT2D eigenvalue weighted by Gasteiger charge is -2.02. The monoisotopic (exact) mass is 254 g/mol. The number of pyridine rings is 1. The molecule has 2 aromatic rings. The van der Waals surface area contributed by atoms with Crippen LogP contribution in [-0.4, -0.2) is 19.9 Å². The predicted molar refractivity (Wildman–Crippen MR) is 56.9 cm³/mol. The molecule has 0 N–H and O–H groups in total. The van der Waals surface area contributed by atoms with Crippen LogP contribution in [0.5, 0.6) is 0 Å². The van der Waals surface area contributed by atoms with Crippen molar-refractivity contribution in [3.63, 3.8) is 0 Å². The van der Waals surface area contributed by atoms with Gasteiger partial charge in [-0.15, -0.1) is 0 Å². The Kier molecular flexibility index (Phi) is 2.92. The Morgan fingerprint density at radius 2 is 2.18 bits per heavy atom. The average molecular weight is 255 g/mol. The molecular formula is C9H4ClFN4O2. The summed E-state index contributed by atoms with van der Waals surface area (Å²) in [6, 6.07) is 1.28. The van der Waals surface area contributed by atoms with E-state index in [1.165, 1.54) is 12.3 Å². The molecule has 2 rings (SSSR count). The van der Waals surface area contributed by atoms with Crippen molar-refractivity contribution in [1.82, 2.24) is 15.0 Å². The molecule has 0 aromatic carbocycles. The first-order valence-corrected chi connectivity index (χ1v) is 4.74. The van der Waals surface area contributed by atoms with Gasteiger partial charge in [0.15, 0.2) is 11.5 Å². The minimum Gasteiger partial charge on any atom is -0.262 e. The standard InChI is InChI=1S/C9H4ClFN4O2/c10-9-13-4-7(15(16)17)8(14-9)5-1-2-12-3-6(5)11/h1-4H. The highest BCUT2D eigenvalue weighted by atomic mass is 35.5. The van der Waals surface area contributed by atoms with Gasteiger partial charge in [0.05, 0.1) is 11.1 Å². The van der Waals surface area contributed by atoms with Gasteiger partial charge < -0.3 is 0 Å². The molecule has 0 fully saturated rings. The van der Waals surface area contributed by atoms with Gasteiger partial charge >= 0.3 is 5.69 Å². The lowest BCUT2D eigenvalue weighted by molar-refractivity contribution is -0.384. The minimum atomic E-state index is -0.717. The summed E-state index contributed by atoms with van der Waals surface area (Å²) < 4.78 is 13.5. The molecule has 0 saturated heterocycles. The lowest BCUT2D eigenvalue weighted by Crippen LogP contribution is -1.98. The molecule has 0 aliphatic heterocycles. The molecule has 0 amide bonds. The van der Waals surface area contributed by atoms with Crippen LogP contribution in [-0.2, 0) is 0 Å². The molecule has 0 saturated carbocycles. The Balaban J connectivity index is 2.70. The molecule has 0 radical (unpaired) electrons. The fourth-order valence-electron chi connectivity index (χ4n) is 1.25. The predicted octanol–water partition coefficient (Wildman–Crippen LogP) is 2.24. The highest BCUT2D eigenvalue weighted by Crippen LogP contribution is 2.29. The van der Waals surface area contributed by atoms with Crippen LogP contribution in [0.15, 0.2) is 24.7 Å². The van der Waals surface area contributed by atoms with E-state index in [1.54, 1.807) is 0 Å². The van der Waals surface area contributed by atoms with Crippen LogP contribution < -0.4 is 0 Å². The molecular weight excluding hydrogens is 251 g/mol. The topological polar surface area (TPSA) is 81.8 Å². The summed E-state index contributed by atoms with van der Waals surface area (Å²) in [7, 11) is 0. The van der Waals surface area contributed by atoms with Crippen LogP contribution in [0.25, 0.3) is 11.3 Å². The molecule has 0 bridgehead atoms. The quantitative estimate of drug-likeness (QED) is 0.466. The number of nitrogens with zero attached hydrogens (tertiary/aromatic N) is 4. The van der Waals surface area contributed by atoms with E-state index in [-0.39, 0.29) is 16.5 Å². The van der Waals surface area contributed by atoms with Crippen LogP contribution in [0.3, 0.4) is 0 Å². The third-order valence-corrected chi connectivity index (χ3v) is 2.15. The van der Waals surface area contributed by atoms with Gasteiger partial charge in [0, 0.05) is 11.8 Å². The van der Waals surface area contributed by atoms with E-state index in [2.05, 4.69) is 15.0 Å². The van der Waals surface area contributed by atoms with E-state index in [4.69, 9.17) is 11.6 Å². The normalized spacial score (nSPS) is 10.2. The number of aromatic nitrogens is 3. The molecule has 6 nitrogen and oxygen atoms in total.